The van der Waals surface area contributed by atoms with E-state index in [1.54, 1.807) is 0 Å². The highest BCUT2D eigenvalue weighted by atomic mass is 16.2. The topological polar surface area (TPSA) is 39.3 Å². The molecule has 21 heavy (non-hydrogen) atoms. The van der Waals surface area contributed by atoms with Crippen molar-refractivity contribution < 1.29 is 4.79 Å². The van der Waals surface area contributed by atoms with Gasteiger partial charge in [0, 0.05) is 42.3 Å². The van der Waals surface area contributed by atoms with Gasteiger partial charge in [-0.25, -0.2) is 0 Å². The lowest BCUT2D eigenvalue weighted by atomic mass is 10.1. The molecule has 1 aliphatic heterocycles. The van der Waals surface area contributed by atoms with Gasteiger partial charge < -0.3 is 14.8 Å². The normalized spacial score (nSPS) is 18.8. The van der Waals surface area contributed by atoms with E-state index in [2.05, 4.69) is 23.9 Å². The van der Waals surface area contributed by atoms with E-state index in [0.717, 1.165) is 49.1 Å². The van der Waals surface area contributed by atoms with Gasteiger partial charge in [0.1, 0.15) is 0 Å². The van der Waals surface area contributed by atoms with Crippen molar-refractivity contribution in [3.8, 4) is 0 Å². The molecular weight excluding hydrogens is 262 g/mol. The zero-order valence-corrected chi connectivity index (χ0v) is 12.8. The lowest BCUT2D eigenvalue weighted by Crippen LogP contribution is -2.31. The Morgan fingerprint density at radius 2 is 2.29 bits per heavy atom. The van der Waals surface area contributed by atoms with Gasteiger partial charge in [-0.15, -0.1) is 0 Å². The highest BCUT2D eigenvalue weighted by molar-refractivity contribution is 5.98. The quantitative estimate of drug-likeness (QED) is 0.938. The van der Waals surface area contributed by atoms with Crippen LogP contribution in [0.2, 0.25) is 0 Å². The third-order valence-corrected chi connectivity index (χ3v) is 4.48. The van der Waals surface area contributed by atoms with Gasteiger partial charge in [-0.3, -0.25) is 4.79 Å². The van der Waals surface area contributed by atoms with E-state index in [0.29, 0.717) is 5.92 Å². The van der Waals surface area contributed by atoms with Crippen molar-refractivity contribution in [2.24, 2.45) is 5.92 Å². The first-order chi connectivity index (χ1) is 10.2. The Morgan fingerprint density at radius 1 is 1.43 bits per heavy atom. The number of carbonyl (C=O) groups excluding carboxylic acids is 1. The first-order valence-corrected chi connectivity index (χ1v) is 7.72. The van der Waals surface area contributed by atoms with Crippen LogP contribution in [-0.2, 0) is 0 Å². The van der Waals surface area contributed by atoms with Crippen molar-refractivity contribution in [1.82, 2.24) is 14.8 Å². The molecule has 0 unspecified atom stereocenters. The molecule has 1 amide bonds. The zero-order valence-electron chi connectivity index (χ0n) is 12.8. The van der Waals surface area contributed by atoms with Crippen LogP contribution in [0.1, 0.15) is 23.7 Å². The predicted octanol–water partition coefficient (Wildman–Crippen LogP) is 2.58. The Bertz CT molecular complexity index is 634. The van der Waals surface area contributed by atoms with Crippen LogP contribution in [0, 0.1) is 5.92 Å². The molecule has 0 bridgehead atoms. The molecule has 4 nitrogen and oxygen atoms in total. The van der Waals surface area contributed by atoms with Crippen LogP contribution in [-0.4, -0.2) is 53.9 Å². The molecule has 2 heterocycles. The number of likely N-dealkylation sites (tertiary alicyclic amines) is 1. The number of fused-ring (bicyclic) bond motifs is 1. The molecule has 1 saturated heterocycles. The molecule has 1 aromatic heterocycles. The summed E-state index contributed by atoms with van der Waals surface area (Å²) in [7, 11) is 2.14. The van der Waals surface area contributed by atoms with Gasteiger partial charge in [-0.1, -0.05) is 6.92 Å². The smallest absolute Gasteiger partial charge is 0.253 e. The van der Waals surface area contributed by atoms with Crippen LogP contribution in [0.3, 0.4) is 0 Å². The van der Waals surface area contributed by atoms with Crippen LogP contribution in [0.25, 0.3) is 10.9 Å². The average molecular weight is 285 g/mol. The molecular formula is C17H23N3O. The standard InChI is InChI=1S/C17H23N3O/c1-3-19(2)11-13-7-9-20(12-13)17(21)15-4-5-16-14(10-15)6-8-18-16/h4-6,8,10,13,18H,3,7,9,11-12H2,1-2H3/t13-/m0/s1. The number of nitrogens with one attached hydrogen (secondary N) is 1. The lowest BCUT2D eigenvalue weighted by molar-refractivity contribution is 0.0785. The zero-order chi connectivity index (χ0) is 14.8. The summed E-state index contributed by atoms with van der Waals surface area (Å²) in [5.41, 5.74) is 1.88. The first-order valence-electron chi connectivity index (χ1n) is 7.72. The molecule has 2 aromatic rings. The summed E-state index contributed by atoms with van der Waals surface area (Å²) in [6.45, 7) is 6.08. The highest BCUT2D eigenvalue weighted by Crippen LogP contribution is 2.21. The number of aromatic nitrogens is 1. The third-order valence-electron chi connectivity index (χ3n) is 4.48. The fourth-order valence-corrected chi connectivity index (χ4v) is 3.10. The number of hydrogen-bond acceptors (Lipinski definition) is 2. The number of carbonyl (C=O) groups is 1. The molecule has 1 N–H and O–H groups in total. The van der Waals surface area contributed by atoms with Crippen LogP contribution in [0.5, 0.6) is 0 Å². The molecule has 0 spiro atoms. The first kappa shape index (κ1) is 14.1. The van der Waals surface area contributed by atoms with Crippen molar-refractivity contribution in [3.63, 3.8) is 0 Å². The van der Waals surface area contributed by atoms with Gasteiger partial charge in [0.15, 0.2) is 0 Å². The number of nitrogens with zero attached hydrogens (tertiary/aromatic N) is 2. The Balaban J connectivity index is 1.68. The lowest BCUT2D eigenvalue weighted by Gasteiger charge is -2.20. The highest BCUT2D eigenvalue weighted by Gasteiger charge is 2.27. The molecule has 1 fully saturated rings. The Morgan fingerprint density at radius 3 is 3.10 bits per heavy atom. The number of H-pyrrole nitrogens is 1. The minimum atomic E-state index is 0.166. The number of amides is 1. The van der Waals surface area contributed by atoms with Crippen LogP contribution >= 0.6 is 0 Å². The van der Waals surface area contributed by atoms with Crippen molar-refractivity contribution in [2.45, 2.75) is 13.3 Å². The monoisotopic (exact) mass is 285 g/mol. The van der Waals surface area contributed by atoms with Gasteiger partial charge in [-0.05, 0) is 50.2 Å². The molecule has 1 aromatic carbocycles. The van der Waals surface area contributed by atoms with Crippen LogP contribution in [0.4, 0.5) is 0 Å². The second-order valence-corrected chi connectivity index (χ2v) is 6.04. The average Bonchev–Trinajstić information content (AvgIpc) is 3.14. The van der Waals surface area contributed by atoms with Crippen molar-refractivity contribution in [3.05, 3.63) is 36.0 Å². The van der Waals surface area contributed by atoms with E-state index in [-0.39, 0.29) is 5.91 Å². The minimum absolute atomic E-state index is 0.166. The van der Waals surface area contributed by atoms with Gasteiger partial charge in [0.25, 0.3) is 5.91 Å². The Kier molecular flexibility index (Phi) is 3.97. The summed E-state index contributed by atoms with van der Waals surface area (Å²) >= 11 is 0. The number of aromatic amines is 1. The summed E-state index contributed by atoms with van der Waals surface area (Å²) < 4.78 is 0. The summed E-state index contributed by atoms with van der Waals surface area (Å²) in [6, 6.07) is 7.91. The summed E-state index contributed by atoms with van der Waals surface area (Å²) in [5, 5.41) is 1.10. The van der Waals surface area contributed by atoms with Crippen LogP contribution in [0.15, 0.2) is 30.5 Å². The maximum Gasteiger partial charge on any atom is 0.253 e. The fourth-order valence-electron chi connectivity index (χ4n) is 3.10. The molecule has 0 aliphatic carbocycles. The van der Waals surface area contributed by atoms with E-state index in [4.69, 9.17) is 0 Å². The number of hydrogen-bond donors (Lipinski definition) is 1. The third kappa shape index (κ3) is 2.95. The molecule has 112 valence electrons. The SMILES string of the molecule is CCN(C)C[C@@H]1CCN(C(=O)c2ccc3[nH]ccc3c2)C1. The molecule has 3 rings (SSSR count). The summed E-state index contributed by atoms with van der Waals surface area (Å²) in [6.07, 6.45) is 3.02. The maximum absolute atomic E-state index is 12.6. The Hall–Kier alpha value is -1.81. The number of rotatable bonds is 4. The minimum Gasteiger partial charge on any atom is -0.361 e. The fraction of sp³-hybridized carbons (Fsp3) is 0.471. The van der Waals surface area contributed by atoms with Gasteiger partial charge in [0.05, 0.1) is 0 Å². The van der Waals surface area contributed by atoms with E-state index in [9.17, 15) is 4.79 Å². The van der Waals surface area contributed by atoms with E-state index in [1.807, 2.05) is 35.4 Å². The second-order valence-electron chi connectivity index (χ2n) is 6.04. The van der Waals surface area contributed by atoms with E-state index < -0.39 is 0 Å². The molecule has 1 aliphatic rings. The van der Waals surface area contributed by atoms with Crippen molar-refractivity contribution in [2.75, 3.05) is 33.2 Å². The summed E-state index contributed by atoms with van der Waals surface area (Å²) in [4.78, 5) is 20.1. The van der Waals surface area contributed by atoms with Gasteiger partial charge >= 0.3 is 0 Å². The predicted molar refractivity (Wildman–Crippen MR) is 85.5 cm³/mol. The molecule has 1 atom stereocenters. The Labute approximate surface area is 125 Å². The number of benzene rings is 1. The van der Waals surface area contributed by atoms with Gasteiger partial charge in [0.2, 0.25) is 0 Å². The summed E-state index contributed by atoms with van der Waals surface area (Å²) in [5.74, 6) is 0.773. The maximum atomic E-state index is 12.6. The van der Waals surface area contributed by atoms with Crippen molar-refractivity contribution >= 4 is 16.8 Å². The molecule has 4 heteroatoms. The largest absolute Gasteiger partial charge is 0.361 e. The molecule has 0 saturated carbocycles. The van der Waals surface area contributed by atoms with Crippen molar-refractivity contribution in [1.29, 1.82) is 0 Å². The van der Waals surface area contributed by atoms with E-state index >= 15 is 0 Å². The second kappa shape index (κ2) is 5.90. The van der Waals surface area contributed by atoms with Gasteiger partial charge in [-0.2, -0.15) is 0 Å². The van der Waals surface area contributed by atoms with E-state index in [1.165, 1.54) is 0 Å². The van der Waals surface area contributed by atoms with Crippen LogP contribution < -0.4 is 0 Å². The molecule has 0 radical (unpaired) electrons.